The van der Waals surface area contributed by atoms with E-state index in [0.29, 0.717) is 28.6 Å². The first kappa shape index (κ1) is 20.5. The van der Waals surface area contributed by atoms with Gasteiger partial charge in [-0.05, 0) is 31.5 Å². The highest BCUT2D eigenvalue weighted by atomic mass is 35.5. The summed E-state index contributed by atoms with van der Waals surface area (Å²) >= 11 is 6.00. The lowest BCUT2D eigenvalue weighted by Gasteiger charge is -2.12. The standard InChI is InChI=1S/C19H21ClN6O3/c1-12(9-25-14(3)18(26(28)29)13(2)23-25)19(27)22-17-8-21-24(11-17)10-15-5-4-6-16(20)7-15/h4-8,11-12H,9-10H2,1-3H3,(H,22,27). The second kappa shape index (κ2) is 8.44. The van der Waals surface area contributed by atoms with E-state index in [0.717, 1.165) is 5.56 Å². The number of aromatic nitrogens is 4. The topological polar surface area (TPSA) is 108 Å². The summed E-state index contributed by atoms with van der Waals surface area (Å²) in [6.07, 6.45) is 3.31. The zero-order chi connectivity index (χ0) is 21.1. The van der Waals surface area contributed by atoms with Gasteiger partial charge in [0.05, 0.1) is 35.8 Å². The minimum atomic E-state index is -0.451. The first-order valence-corrected chi connectivity index (χ1v) is 9.38. The van der Waals surface area contributed by atoms with Gasteiger partial charge >= 0.3 is 5.69 Å². The van der Waals surface area contributed by atoms with Gasteiger partial charge in [0.25, 0.3) is 0 Å². The van der Waals surface area contributed by atoms with Crippen molar-refractivity contribution in [3.63, 3.8) is 0 Å². The number of carbonyl (C=O) groups excluding carboxylic acids is 1. The van der Waals surface area contributed by atoms with Gasteiger partial charge in [0, 0.05) is 11.2 Å². The number of rotatable bonds is 7. The highest BCUT2D eigenvalue weighted by Crippen LogP contribution is 2.23. The monoisotopic (exact) mass is 416 g/mol. The van der Waals surface area contributed by atoms with Crippen LogP contribution in [0.4, 0.5) is 11.4 Å². The fourth-order valence-electron chi connectivity index (χ4n) is 3.07. The predicted molar refractivity (Wildman–Crippen MR) is 109 cm³/mol. The van der Waals surface area contributed by atoms with Crippen molar-refractivity contribution < 1.29 is 9.72 Å². The van der Waals surface area contributed by atoms with Crippen LogP contribution in [-0.2, 0) is 17.9 Å². The number of nitro groups is 1. The first-order valence-electron chi connectivity index (χ1n) is 9.00. The quantitative estimate of drug-likeness (QED) is 0.467. The Morgan fingerprint density at radius 1 is 1.38 bits per heavy atom. The van der Waals surface area contributed by atoms with Crippen LogP contribution in [-0.4, -0.2) is 30.4 Å². The summed E-state index contributed by atoms with van der Waals surface area (Å²) in [4.78, 5) is 23.2. The van der Waals surface area contributed by atoms with E-state index in [1.807, 2.05) is 18.2 Å². The molecule has 0 aliphatic carbocycles. The van der Waals surface area contributed by atoms with Crippen molar-refractivity contribution in [2.75, 3.05) is 5.32 Å². The molecule has 9 nitrogen and oxygen atoms in total. The normalized spacial score (nSPS) is 12.0. The maximum atomic E-state index is 12.5. The summed E-state index contributed by atoms with van der Waals surface area (Å²) in [5.41, 5.74) is 2.32. The van der Waals surface area contributed by atoms with Gasteiger partial charge in [-0.3, -0.25) is 24.3 Å². The Hall–Kier alpha value is -3.20. The minimum absolute atomic E-state index is 0.0140. The van der Waals surface area contributed by atoms with Crippen molar-refractivity contribution in [1.82, 2.24) is 19.6 Å². The molecule has 0 bridgehead atoms. The Kier molecular flexibility index (Phi) is 5.97. The van der Waals surface area contributed by atoms with Gasteiger partial charge in [0.15, 0.2) is 0 Å². The van der Waals surface area contributed by atoms with Crippen LogP contribution in [0, 0.1) is 29.9 Å². The smallest absolute Gasteiger partial charge is 0.312 e. The molecule has 1 N–H and O–H groups in total. The molecule has 0 radical (unpaired) electrons. The molecule has 0 fully saturated rings. The largest absolute Gasteiger partial charge is 0.323 e. The molecule has 0 saturated carbocycles. The predicted octanol–water partition coefficient (Wildman–Crippen LogP) is 3.58. The van der Waals surface area contributed by atoms with E-state index < -0.39 is 10.8 Å². The summed E-state index contributed by atoms with van der Waals surface area (Å²) < 4.78 is 3.20. The van der Waals surface area contributed by atoms with E-state index in [-0.39, 0.29) is 18.1 Å². The SMILES string of the molecule is Cc1nn(CC(C)C(=O)Nc2cnn(Cc3cccc(Cl)c3)c2)c(C)c1[N+](=O)[O-]. The first-order chi connectivity index (χ1) is 13.7. The Balaban J connectivity index is 1.62. The van der Waals surface area contributed by atoms with Gasteiger partial charge in [-0.15, -0.1) is 0 Å². The highest BCUT2D eigenvalue weighted by molar-refractivity contribution is 6.30. The van der Waals surface area contributed by atoms with E-state index >= 15 is 0 Å². The average molecular weight is 417 g/mol. The van der Waals surface area contributed by atoms with Crippen molar-refractivity contribution in [1.29, 1.82) is 0 Å². The summed E-state index contributed by atoms with van der Waals surface area (Å²) in [5.74, 6) is -0.661. The van der Waals surface area contributed by atoms with Crippen molar-refractivity contribution in [3.8, 4) is 0 Å². The summed E-state index contributed by atoms with van der Waals surface area (Å²) in [5, 5.41) is 23.0. The summed E-state index contributed by atoms with van der Waals surface area (Å²) in [6.45, 7) is 5.72. The number of hydrogen-bond acceptors (Lipinski definition) is 5. The van der Waals surface area contributed by atoms with Gasteiger partial charge < -0.3 is 5.32 Å². The number of benzene rings is 1. The molecular weight excluding hydrogens is 396 g/mol. The number of anilines is 1. The Morgan fingerprint density at radius 2 is 2.14 bits per heavy atom. The molecular formula is C19H21ClN6O3. The van der Waals surface area contributed by atoms with Crippen LogP contribution < -0.4 is 5.32 Å². The molecule has 3 rings (SSSR count). The molecule has 0 saturated heterocycles. The number of halogens is 1. The third-order valence-corrected chi connectivity index (χ3v) is 4.79. The summed E-state index contributed by atoms with van der Waals surface area (Å²) in [7, 11) is 0. The van der Waals surface area contributed by atoms with Crippen LogP contribution in [0.1, 0.15) is 23.9 Å². The Morgan fingerprint density at radius 3 is 2.79 bits per heavy atom. The molecule has 1 unspecified atom stereocenters. The lowest BCUT2D eigenvalue weighted by molar-refractivity contribution is -0.386. The number of carbonyl (C=O) groups is 1. The van der Waals surface area contributed by atoms with Crippen molar-refractivity contribution >= 4 is 28.9 Å². The van der Waals surface area contributed by atoms with Crippen molar-refractivity contribution in [2.24, 2.45) is 5.92 Å². The average Bonchev–Trinajstić information content (AvgIpc) is 3.18. The van der Waals surface area contributed by atoms with Crippen LogP contribution in [0.2, 0.25) is 5.02 Å². The van der Waals surface area contributed by atoms with Gasteiger partial charge in [0.1, 0.15) is 11.4 Å². The fourth-order valence-corrected chi connectivity index (χ4v) is 3.29. The zero-order valence-electron chi connectivity index (χ0n) is 16.3. The molecule has 0 spiro atoms. The van der Waals surface area contributed by atoms with E-state index in [4.69, 9.17) is 11.6 Å². The maximum absolute atomic E-state index is 12.5. The van der Waals surface area contributed by atoms with Gasteiger partial charge in [-0.2, -0.15) is 10.2 Å². The molecule has 1 amide bonds. The van der Waals surface area contributed by atoms with E-state index in [9.17, 15) is 14.9 Å². The fraction of sp³-hybridized carbons (Fsp3) is 0.316. The number of amides is 1. The van der Waals surface area contributed by atoms with Crippen LogP contribution in [0.5, 0.6) is 0 Å². The lowest BCUT2D eigenvalue weighted by Crippen LogP contribution is -2.25. The molecule has 1 aromatic carbocycles. The van der Waals surface area contributed by atoms with Gasteiger partial charge in [0.2, 0.25) is 5.91 Å². The Labute approximate surface area is 172 Å². The molecule has 1 atom stereocenters. The molecule has 2 heterocycles. The summed E-state index contributed by atoms with van der Waals surface area (Å²) in [6, 6.07) is 7.48. The molecule has 0 aliphatic rings. The second-order valence-electron chi connectivity index (χ2n) is 6.91. The zero-order valence-corrected chi connectivity index (χ0v) is 17.1. The van der Waals surface area contributed by atoms with Crippen LogP contribution >= 0.6 is 11.6 Å². The molecule has 29 heavy (non-hydrogen) atoms. The number of nitrogens with one attached hydrogen (secondary N) is 1. The van der Waals surface area contributed by atoms with E-state index in [1.165, 1.54) is 4.68 Å². The molecule has 2 aromatic heterocycles. The second-order valence-corrected chi connectivity index (χ2v) is 7.34. The van der Waals surface area contributed by atoms with Crippen molar-refractivity contribution in [2.45, 2.75) is 33.9 Å². The molecule has 152 valence electrons. The van der Waals surface area contributed by atoms with Crippen LogP contribution in [0.3, 0.4) is 0 Å². The third-order valence-electron chi connectivity index (χ3n) is 4.55. The van der Waals surface area contributed by atoms with Crippen molar-refractivity contribution in [3.05, 3.63) is 68.7 Å². The minimum Gasteiger partial charge on any atom is -0.323 e. The van der Waals surface area contributed by atoms with E-state index in [2.05, 4.69) is 15.5 Å². The highest BCUT2D eigenvalue weighted by Gasteiger charge is 2.24. The molecule has 10 heteroatoms. The number of nitrogens with zero attached hydrogens (tertiary/aromatic N) is 5. The van der Waals surface area contributed by atoms with Gasteiger partial charge in [-0.25, -0.2) is 0 Å². The third kappa shape index (κ3) is 4.80. The lowest BCUT2D eigenvalue weighted by atomic mass is 10.1. The van der Waals surface area contributed by atoms with Crippen LogP contribution in [0.25, 0.3) is 0 Å². The number of aryl methyl sites for hydroxylation is 1. The number of hydrogen-bond donors (Lipinski definition) is 1. The van der Waals surface area contributed by atoms with Gasteiger partial charge in [-0.1, -0.05) is 30.7 Å². The molecule has 0 aliphatic heterocycles. The van der Waals surface area contributed by atoms with E-state index in [1.54, 1.807) is 43.9 Å². The maximum Gasteiger partial charge on any atom is 0.312 e. The molecule has 3 aromatic rings. The Bertz CT molecular complexity index is 1060. The van der Waals surface area contributed by atoms with Crippen LogP contribution in [0.15, 0.2) is 36.7 Å².